The lowest BCUT2D eigenvalue weighted by atomic mass is 10.3. The van der Waals surface area contributed by atoms with Crippen LogP contribution in [0.25, 0.3) is 0 Å². The van der Waals surface area contributed by atoms with Crippen molar-refractivity contribution in [1.82, 2.24) is 0 Å². The SMILES string of the molecule is C=CC(=O)CCS. The van der Waals surface area contributed by atoms with Crippen molar-refractivity contribution in [1.29, 1.82) is 0 Å². The summed E-state index contributed by atoms with van der Waals surface area (Å²) in [6, 6.07) is 0. The number of carbonyl (C=O) groups excluding carboxylic acids is 1. The van der Waals surface area contributed by atoms with Gasteiger partial charge in [-0.25, -0.2) is 0 Å². The van der Waals surface area contributed by atoms with E-state index in [9.17, 15) is 4.79 Å². The van der Waals surface area contributed by atoms with Crippen LogP contribution in [0.1, 0.15) is 6.42 Å². The normalized spacial score (nSPS) is 8.14. The average molecular weight is 116 g/mol. The van der Waals surface area contributed by atoms with Crippen LogP contribution < -0.4 is 0 Å². The van der Waals surface area contributed by atoms with E-state index in [4.69, 9.17) is 0 Å². The zero-order valence-electron chi connectivity index (χ0n) is 4.05. The number of allylic oxidation sites excluding steroid dienone is 1. The fourth-order valence-electron chi connectivity index (χ4n) is 0.212. The second-order valence-electron chi connectivity index (χ2n) is 1.14. The van der Waals surface area contributed by atoms with E-state index in [1.807, 2.05) is 0 Å². The first kappa shape index (κ1) is 6.76. The Labute approximate surface area is 48.8 Å². The van der Waals surface area contributed by atoms with Crippen LogP contribution in [-0.2, 0) is 4.79 Å². The van der Waals surface area contributed by atoms with E-state index < -0.39 is 0 Å². The highest BCUT2D eigenvalue weighted by atomic mass is 32.1. The molecular weight excluding hydrogens is 108 g/mol. The van der Waals surface area contributed by atoms with Gasteiger partial charge in [0, 0.05) is 6.42 Å². The maximum atomic E-state index is 10.2. The fraction of sp³-hybridized carbons (Fsp3) is 0.400. The van der Waals surface area contributed by atoms with Crippen molar-refractivity contribution in [2.45, 2.75) is 6.42 Å². The Morgan fingerprint density at radius 3 is 2.57 bits per heavy atom. The predicted molar refractivity (Wildman–Crippen MR) is 33.7 cm³/mol. The summed E-state index contributed by atoms with van der Waals surface area (Å²) in [5, 5.41) is 0. The van der Waals surface area contributed by atoms with Gasteiger partial charge in [-0.15, -0.1) is 0 Å². The van der Waals surface area contributed by atoms with Gasteiger partial charge in [0.25, 0.3) is 0 Å². The van der Waals surface area contributed by atoms with E-state index in [0.717, 1.165) is 0 Å². The summed E-state index contributed by atoms with van der Waals surface area (Å²) in [4.78, 5) is 10.2. The molecule has 7 heavy (non-hydrogen) atoms. The molecule has 0 amide bonds. The lowest BCUT2D eigenvalue weighted by Crippen LogP contribution is -1.90. The lowest BCUT2D eigenvalue weighted by Gasteiger charge is -1.82. The van der Waals surface area contributed by atoms with Gasteiger partial charge >= 0.3 is 0 Å². The summed E-state index contributed by atoms with van der Waals surface area (Å²) in [5.41, 5.74) is 0. The van der Waals surface area contributed by atoms with Gasteiger partial charge in [-0.2, -0.15) is 12.6 Å². The molecule has 0 aromatic heterocycles. The molecule has 0 atom stereocenters. The Hall–Kier alpha value is -0.240. The van der Waals surface area contributed by atoms with Crippen molar-refractivity contribution in [3.05, 3.63) is 12.7 Å². The topological polar surface area (TPSA) is 17.1 Å². The van der Waals surface area contributed by atoms with E-state index in [1.165, 1.54) is 6.08 Å². The minimum absolute atomic E-state index is 0.0648. The largest absolute Gasteiger partial charge is 0.295 e. The quantitative estimate of drug-likeness (QED) is 0.431. The standard InChI is InChI=1S/C5H8OS/c1-2-5(6)3-4-7/h2,7H,1,3-4H2. The van der Waals surface area contributed by atoms with E-state index in [0.29, 0.717) is 12.2 Å². The fourth-order valence-corrected chi connectivity index (χ4v) is 0.433. The number of rotatable bonds is 3. The highest BCUT2D eigenvalue weighted by molar-refractivity contribution is 7.80. The first-order valence-corrected chi connectivity index (χ1v) is 2.70. The van der Waals surface area contributed by atoms with Crippen LogP contribution in [0.4, 0.5) is 0 Å². The molecule has 0 rings (SSSR count). The molecule has 0 saturated heterocycles. The van der Waals surface area contributed by atoms with Gasteiger partial charge in [-0.05, 0) is 11.8 Å². The number of hydrogen-bond acceptors (Lipinski definition) is 2. The van der Waals surface area contributed by atoms with Crippen LogP contribution in [0.15, 0.2) is 12.7 Å². The Morgan fingerprint density at radius 1 is 1.86 bits per heavy atom. The Kier molecular flexibility index (Phi) is 3.80. The van der Waals surface area contributed by atoms with Gasteiger partial charge in [0.1, 0.15) is 0 Å². The summed E-state index contributed by atoms with van der Waals surface area (Å²) in [7, 11) is 0. The second kappa shape index (κ2) is 3.93. The zero-order chi connectivity index (χ0) is 5.70. The highest BCUT2D eigenvalue weighted by Crippen LogP contribution is 1.84. The number of ketones is 1. The third-order valence-electron chi connectivity index (χ3n) is 0.586. The maximum Gasteiger partial charge on any atom is 0.155 e. The average Bonchev–Trinajstić information content (AvgIpc) is 1.68. The van der Waals surface area contributed by atoms with Crippen molar-refractivity contribution >= 4 is 18.4 Å². The number of carbonyl (C=O) groups is 1. The molecular formula is C5H8OS. The van der Waals surface area contributed by atoms with E-state index >= 15 is 0 Å². The minimum atomic E-state index is 0.0648. The highest BCUT2D eigenvalue weighted by Gasteiger charge is 1.88. The van der Waals surface area contributed by atoms with E-state index in [-0.39, 0.29) is 5.78 Å². The van der Waals surface area contributed by atoms with Crippen LogP contribution in [0.2, 0.25) is 0 Å². The second-order valence-corrected chi connectivity index (χ2v) is 1.59. The van der Waals surface area contributed by atoms with Gasteiger partial charge in [-0.3, -0.25) is 4.79 Å². The molecule has 0 saturated carbocycles. The molecule has 0 unspecified atom stereocenters. The molecule has 0 aliphatic carbocycles. The molecule has 0 heterocycles. The minimum Gasteiger partial charge on any atom is -0.295 e. The van der Waals surface area contributed by atoms with Gasteiger partial charge in [0.2, 0.25) is 0 Å². The molecule has 40 valence electrons. The van der Waals surface area contributed by atoms with Gasteiger partial charge in [-0.1, -0.05) is 6.58 Å². The molecule has 1 nitrogen and oxygen atoms in total. The lowest BCUT2D eigenvalue weighted by molar-refractivity contribution is -0.114. The summed E-state index contributed by atoms with van der Waals surface area (Å²) in [6.07, 6.45) is 1.82. The van der Waals surface area contributed by atoms with Gasteiger partial charge in [0.05, 0.1) is 0 Å². The number of hydrogen-bond donors (Lipinski definition) is 1. The Morgan fingerprint density at radius 2 is 2.43 bits per heavy atom. The first-order valence-electron chi connectivity index (χ1n) is 2.07. The van der Waals surface area contributed by atoms with Crippen molar-refractivity contribution in [2.24, 2.45) is 0 Å². The summed E-state index contributed by atoms with van der Waals surface area (Å²) >= 11 is 3.85. The van der Waals surface area contributed by atoms with Crippen molar-refractivity contribution < 1.29 is 4.79 Å². The molecule has 0 aliphatic heterocycles. The molecule has 0 bridgehead atoms. The maximum absolute atomic E-state index is 10.2. The van der Waals surface area contributed by atoms with E-state index in [1.54, 1.807) is 0 Å². The third-order valence-corrected chi connectivity index (χ3v) is 0.809. The summed E-state index contributed by atoms with van der Waals surface area (Å²) in [6.45, 7) is 3.30. The van der Waals surface area contributed by atoms with Gasteiger partial charge in [0.15, 0.2) is 5.78 Å². The first-order chi connectivity index (χ1) is 3.31. The zero-order valence-corrected chi connectivity index (χ0v) is 4.95. The van der Waals surface area contributed by atoms with Crippen LogP contribution >= 0.6 is 12.6 Å². The Bertz CT molecular complexity index is 78.1. The van der Waals surface area contributed by atoms with E-state index in [2.05, 4.69) is 19.2 Å². The van der Waals surface area contributed by atoms with Crippen molar-refractivity contribution in [3.63, 3.8) is 0 Å². The molecule has 0 spiro atoms. The number of thiol groups is 1. The molecule has 0 N–H and O–H groups in total. The molecule has 0 aliphatic rings. The van der Waals surface area contributed by atoms with Crippen molar-refractivity contribution in [2.75, 3.05) is 5.75 Å². The molecule has 0 aromatic carbocycles. The van der Waals surface area contributed by atoms with Crippen molar-refractivity contribution in [3.8, 4) is 0 Å². The smallest absolute Gasteiger partial charge is 0.155 e. The van der Waals surface area contributed by atoms with Crippen LogP contribution in [0.5, 0.6) is 0 Å². The molecule has 2 heteroatoms. The molecule has 0 radical (unpaired) electrons. The van der Waals surface area contributed by atoms with Gasteiger partial charge < -0.3 is 0 Å². The molecule has 0 fully saturated rings. The summed E-state index contributed by atoms with van der Waals surface area (Å²) in [5.74, 6) is 0.681. The predicted octanol–water partition coefficient (Wildman–Crippen LogP) is 1.06. The van der Waals surface area contributed by atoms with Crippen LogP contribution in [0, 0.1) is 0 Å². The van der Waals surface area contributed by atoms with Crippen LogP contribution in [0.3, 0.4) is 0 Å². The Balaban J connectivity index is 3.17. The molecule has 0 aromatic rings. The summed E-state index contributed by atoms with van der Waals surface area (Å²) < 4.78 is 0. The monoisotopic (exact) mass is 116 g/mol. The van der Waals surface area contributed by atoms with Crippen LogP contribution in [-0.4, -0.2) is 11.5 Å². The third kappa shape index (κ3) is 3.59.